The van der Waals surface area contributed by atoms with Crippen LogP contribution in [0.15, 0.2) is 60.4 Å². The molecule has 0 spiro atoms. The van der Waals surface area contributed by atoms with Crippen LogP contribution in [-0.2, 0) is 6.42 Å². The first kappa shape index (κ1) is 14.7. The Morgan fingerprint density at radius 3 is 2.76 bits per heavy atom. The van der Waals surface area contributed by atoms with Gasteiger partial charge in [0, 0.05) is 10.6 Å². The van der Waals surface area contributed by atoms with Crippen LogP contribution in [0.5, 0.6) is 0 Å². The number of aryl methyl sites for hydroxylation is 1. The minimum Gasteiger partial charge on any atom is -0.324 e. The van der Waals surface area contributed by atoms with E-state index in [1.54, 1.807) is 6.33 Å². The lowest BCUT2D eigenvalue weighted by molar-refractivity contribution is 0.562. The van der Waals surface area contributed by atoms with Gasteiger partial charge in [0.15, 0.2) is 0 Å². The summed E-state index contributed by atoms with van der Waals surface area (Å²) in [6, 6.07) is 16.8. The van der Waals surface area contributed by atoms with Crippen molar-refractivity contribution in [3.05, 3.63) is 82.1 Å². The second kappa shape index (κ2) is 5.74. The van der Waals surface area contributed by atoms with E-state index in [0.29, 0.717) is 0 Å². The average Bonchev–Trinajstić information content (AvgIpc) is 3.02. The molecule has 0 unspecified atom stereocenters. The van der Waals surface area contributed by atoms with E-state index < -0.39 is 0 Å². The topological polar surface area (TPSA) is 42.7 Å². The summed E-state index contributed by atoms with van der Waals surface area (Å²) in [5, 5.41) is 8.77. The zero-order valence-corrected chi connectivity index (χ0v) is 14.4. The summed E-state index contributed by atoms with van der Waals surface area (Å²) in [6.45, 7) is 0. The summed E-state index contributed by atoms with van der Waals surface area (Å²) in [5.74, 6) is 0.787. The Bertz CT molecular complexity index is 971. The van der Waals surface area contributed by atoms with Crippen molar-refractivity contribution in [3.8, 4) is 0 Å². The highest BCUT2D eigenvalue weighted by atomic mass is 35.5. The van der Waals surface area contributed by atoms with E-state index in [-0.39, 0.29) is 6.04 Å². The summed E-state index contributed by atoms with van der Waals surface area (Å²) >= 11 is 6.10. The van der Waals surface area contributed by atoms with E-state index >= 15 is 0 Å². The molecule has 2 heterocycles. The van der Waals surface area contributed by atoms with E-state index in [9.17, 15) is 0 Å². The van der Waals surface area contributed by atoms with Crippen LogP contribution >= 0.6 is 11.6 Å². The fourth-order valence-corrected chi connectivity index (χ4v) is 4.07. The van der Waals surface area contributed by atoms with Crippen LogP contribution in [0.1, 0.15) is 35.6 Å². The third-order valence-electron chi connectivity index (χ3n) is 5.07. The molecule has 1 aliphatic heterocycles. The van der Waals surface area contributed by atoms with Gasteiger partial charge in [-0.1, -0.05) is 48.0 Å². The number of allylic oxidation sites excluding steroid dienone is 1. The van der Waals surface area contributed by atoms with Crippen LogP contribution < -0.4 is 5.32 Å². The van der Waals surface area contributed by atoms with E-state index in [2.05, 4.69) is 51.8 Å². The zero-order chi connectivity index (χ0) is 16.8. The van der Waals surface area contributed by atoms with E-state index in [1.807, 2.05) is 16.8 Å². The molecule has 4 nitrogen and oxygen atoms in total. The number of hydrogen-bond donors (Lipinski definition) is 1. The van der Waals surface area contributed by atoms with Gasteiger partial charge in [0.1, 0.15) is 12.4 Å². The number of nitrogens with one attached hydrogen (secondary N) is 1. The van der Waals surface area contributed by atoms with Crippen molar-refractivity contribution < 1.29 is 0 Å². The highest BCUT2D eigenvalue weighted by molar-refractivity contribution is 6.30. The SMILES string of the molecule is Clc1ccc([C@@H]2C3=C(Nc4ncnn42)c2ccccc2CCC3)cc1. The molecule has 2 aliphatic rings. The summed E-state index contributed by atoms with van der Waals surface area (Å²) in [5.41, 5.74) is 6.41. The first-order valence-electron chi connectivity index (χ1n) is 8.54. The quantitative estimate of drug-likeness (QED) is 0.693. The lowest BCUT2D eigenvalue weighted by Crippen LogP contribution is -2.24. The second-order valence-corrected chi connectivity index (χ2v) is 6.95. The van der Waals surface area contributed by atoms with Crippen molar-refractivity contribution in [2.45, 2.75) is 25.3 Å². The first-order chi connectivity index (χ1) is 12.3. The fraction of sp³-hybridized carbons (Fsp3) is 0.200. The van der Waals surface area contributed by atoms with Crippen LogP contribution in [0.3, 0.4) is 0 Å². The summed E-state index contributed by atoms with van der Waals surface area (Å²) in [7, 11) is 0. The van der Waals surface area contributed by atoms with E-state index in [0.717, 1.165) is 30.2 Å². The number of fused-ring (bicyclic) bond motifs is 3. The Balaban J connectivity index is 1.74. The third-order valence-corrected chi connectivity index (χ3v) is 5.32. The fourth-order valence-electron chi connectivity index (χ4n) is 3.95. The van der Waals surface area contributed by atoms with Gasteiger partial charge in [-0.2, -0.15) is 10.1 Å². The van der Waals surface area contributed by atoms with E-state index in [1.165, 1.54) is 28.0 Å². The maximum Gasteiger partial charge on any atom is 0.226 e. The van der Waals surface area contributed by atoms with Crippen molar-refractivity contribution in [3.63, 3.8) is 0 Å². The van der Waals surface area contributed by atoms with Gasteiger partial charge < -0.3 is 5.32 Å². The predicted octanol–water partition coefficient (Wildman–Crippen LogP) is 4.69. The van der Waals surface area contributed by atoms with Gasteiger partial charge in [-0.25, -0.2) is 4.68 Å². The Labute approximate surface area is 151 Å². The molecule has 25 heavy (non-hydrogen) atoms. The normalized spacial score (nSPS) is 18.7. The number of anilines is 1. The Morgan fingerprint density at radius 2 is 1.88 bits per heavy atom. The molecule has 5 heteroatoms. The molecule has 0 saturated heterocycles. The van der Waals surface area contributed by atoms with Crippen molar-refractivity contribution in [2.75, 3.05) is 5.32 Å². The molecule has 0 bridgehead atoms. The molecule has 0 radical (unpaired) electrons. The van der Waals surface area contributed by atoms with Crippen molar-refractivity contribution in [2.24, 2.45) is 0 Å². The summed E-state index contributed by atoms with van der Waals surface area (Å²) in [6.07, 6.45) is 4.87. The second-order valence-electron chi connectivity index (χ2n) is 6.52. The molecule has 0 fully saturated rings. The van der Waals surface area contributed by atoms with Crippen molar-refractivity contribution in [1.29, 1.82) is 0 Å². The molecule has 3 aromatic rings. The van der Waals surface area contributed by atoms with Gasteiger partial charge in [0.25, 0.3) is 0 Å². The number of nitrogens with zero attached hydrogens (tertiary/aromatic N) is 3. The van der Waals surface area contributed by atoms with Crippen LogP contribution in [0.4, 0.5) is 5.95 Å². The van der Waals surface area contributed by atoms with Gasteiger partial charge in [-0.05, 0) is 48.1 Å². The molecule has 124 valence electrons. The Hall–Kier alpha value is -2.59. The van der Waals surface area contributed by atoms with Crippen LogP contribution in [0.2, 0.25) is 5.02 Å². The van der Waals surface area contributed by atoms with Gasteiger partial charge in [0.05, 0.1) is 5.70 Å². The number of halogens is 1. The Morgan fingerprint density at radius 1 is 1.04 bits per heavy atom. The smallest absolute Gasteiger partial charge is 0.226 e. The monoisotopic (exact) mass is 348 g/mol. The maximum atomic E-state index is 6.10. The zero-order valence-electron chi connectivity index (χ0n) is 13.6. The number of hydrogen-bond acceptors (Lipinski definition) is 3. The standard InChI is InChI=1S/C20H17ClN4/c21-15-10-8-14(9-11-15)19-17-7-3-5-13-4-1-2-6-16(13)18(17)24-20-22-12-23-25(19)20/h1-2,4,6,8-12,19H,3,5,7H2,(H,22,23,24)/t19-/m1/s1. The van der Waals surface area contributed by atoms with Crippen LogP contribution in [0, 0.1) is 0 Å². The molecule has 0 amide bonds. The molecule has 1 N–H and O–H groups in total. The first-order valence-corrected chi connectivity index (χ1v) is 8.92. The maximum absolute atomic E-state index is 6.10. The van der Waals surface area contributed by atoms with Gasteiger partial charge in [-0.3, -0.25) is 0 Å². The minimum absolute atomic E-state index is 0.0529. The minimum atomic E-state index is 0.0529. The molecule has 2 aromatic carbocycles. The number of aromatic nitrogens is 3. The lowest BCUT2D eigenvalue weighted by atomic mass is 9.91. The Kier molecular flexibility index (Phi) is 3.38. The molecular formula is C20H17ClN4. The summed E-state index contributed by atoms with van der Waals surface area (Å²) in [4.78, 5) is 4.43. The van der Waals surface area contributed by atoms with Gasteiger partial charge in [-0.15, -0.1) is 0 Å². The summed E-state index contributed by atoms with van der Waals surface area (Å²) < 4.78 is 1.98. The molecular weight excluding hydrogens is 332 g/mol. The number of rotatable bonds is 1. The third kappa shape index (κ3) is 2.36. The van der Waals surface area contributed by atoms with Crippen molar-refractivity contribution >= 4 is 23.2 Å². The predicted molar refractivity (Wildman–Crippen MR) is 99.5 cm³/mol. The van der Waals surface area contributed by atoms with Crippen LogP contribution in [-0.4, -0.2) is 14.8 Å². The molecule has 1 aliphatic carbocycles. The van der Waals surface area contributed by atoms with Crippen molar-refractivity contribution in [1.82, 2.24) is 14.8 Å². The molecule has 0 saturated carbocycles. The van der Waals surface area contributed by atoms with Crippen LogP contribution in [0.25, 0.3) is 5.70 Å². The van der Waals surface area contributed by atoms with Gasteiger partial charge in [0.2, 0.25) is 5.95 Å². The number of benzene rings is 2. The molecule has 1 atom stereocenters. The highest BCUT2D eigenvalue weighted by Crippen LogP contribution is 2.42. The van der Waals surface area contributed by atoms with E-state index in [4.69, 9.17) is 11.6 Å². The molecule has 5 rings (SSSR count). The lowest BCUT2D eigenvalue weighted by Gasteiger charge is -2.30. The highest BCUT2D eigenvalue weighted by Gasteiger charge is 2.32. The van der Waals surface area contributed by atoms with Gasteiger partial charge >= 0.3 is 0 Å². The largest absolute Gasteiger partial charge is 0.324 e. The average molecular weight is 349 g/mol. The molecule has 1 aromatic heterocycles.